The number of aromatic nitrogens is 2. The largest absolute Gasteiger partial charge is 0.474 e. The summed E-state index contributed by atoms with van der Waals surface area (Å²) in [4.78, 5) is 8.81. The van der Waals surface area contributed by atoms with Crippen molar-refractivity contribution in [1.82, 2.24) is 9.97 Å². The number of rotatable bonds is 4. The predicted molar refractivity (Wildman–Crippen MR) is 90.5 cm³/mol. The van der Waals surface area contributed by atoms with E-state index in [1.807, 2.05) is 32.3 Å². The molecule has 116 valence electrons. The van der Waals surface area contributed by atoms with Gasteiger partial charge < -0.3 is 4.74 Å². The molecular formula is C17H20N2O2S. The molecule has 3 rings (SSSR count). The minimum absolute atomic E-state index is 0.0987. The Morgan fingerprint density at radius 2 is 2.05 bits per heavy atom. The molecule has 1 atom stereocenters. The highest BCUT2D eigenvalue weighted by Crippen LogP contribution is 2.34. The predicted octanol–water partition coefficient (Wildman–Crippen LogP) is 3.26. The van der Waals surface area contributed by atoms with Crippen molar-refractivity contribution < 1.29 is 8.95 Å². The zero-order valence-electron chi connectivity index (χ0n) is 13.1. The Morgan fingerprint density at radius 1 is 1.32 bits per heavy atom. The zero-order valence-corrected chi connectivity index (χ0v) is 13.9. The van der Waals surface area contributed by atoms with Crippen LogP contribution >= 0.6 is 0 Å². The van der Waals surface area contributed by atoms with Gasteiger partial charge in [0.25, 0.3) is 0 Å². The molecule has 2 aromatic heterocycles. The lowest BCUT2D eigenvalue weighted by Gasteiger charge is -2.33. The summed E-state index contributed by atoms with van der Waals surface area (Å²) in [6, 6.07) is 2.04. The van der Waals surface area contributed by atoms with E-state index in [-0.39, 0.29) is 11.4 Å². The summed E-state index contributed by atoms with van der Waals surface area (Å²) in [6.45, 7) is 7.96. The second kappa shape index (κ2) is 5.80. The van der Waals surface area contributed by atoms with Gasteiger partial charge in [-0.15, -0.1) is 0 Å². The number of aryl methyl sites for hydroxylation is 1. The van der Waals surface area contributed by atoms with Gasteiger partial charge in [-0.1, -0.05) is 6.58 Å². The number of nitrogens with zero attached hydrogens (tertiary/aromatic N) is 2. The fourth-order valence-electron chi connectivity index (χ4n) is 2.69. The molecular weight excluding hydrogens is 296 g/mol. The Morgan fingerprint density at radius 3 is 2.68 bits per heavy atom. The van der Waals surface area contributed by atoms with Crippen molar-refractivity contribution in [2.75, 3.05) is 6.26 Å². The third-order valence-corrected chi connectivity index (χ3v) is 5.45. The highest BCUT2D eigenvalue weighted by Gasteiger charge is 2.34. The van der Waals surface area contributed by atoms with Crippen molar-refractivity contribution >= 4 is 27.1 Å². The summed E-state index contributed by atoms with van der Waals surface area (Å²) in [5.74, 6) is 0.609. The van der Waals surface area contributed by atoms with E-state index in [1.54, 1.807) is 6.26 Å². The molecule has 1 aliphatic carbocycles. The van der Waals surface area contributed by atoms with Crippen molar-refractivity contribution in [2.24, 2.45) is 0 Å². The van der Waals surface area contributed by atoms with Gasteiger partial charge in [0.05, 0.1) is 5.39 Å². The van der Waals surface area contributed by atoms with Crippen molar-refractivity contribution in [3.63, 3.8) is 0 Å². The fourth-order valence-corrected chi connectivity index (χ4v) is 3.66. The quantitative estimate of drug-likeness (QED) is 0.869. The van der Waals surface area contributed by atoms with Gasteiger partial charge in [-0.2, -0.15) is 0 Å². The van der Waals surface area contributed by atoms with Gasteiger partial charge in [0, 0.05) is 46.0 Å². The van der Waals surface area contributed by atoms with E-state index in [0.29, 0.717) is 5.88 Å². The second-order valence-electron chi connectivity index (χ2n) is 5.96. The van der Waals surface area contributed by atoms with E-state index in [2.05, 4.69) is 16.5 Å². The molecule has 2 heterocycles. The number of fused-ring (bicyclic) bond motifs is 1. The van der Waals surface area contributed by atoms with Crippen LogP contribution in [-0.2, 0) is 10.8 Å². The molecule has 1 unspecified atom stereocenters. The van der Waals surface area contributed by atoms with E-state index >= 15 is 0 Å². The molecule has 0 aliphatic heterocycles. The van der Waals surface area contributed by atoms with Crippen LogP contribution in [0.15, 0.2) is 25.0 Å². The lowest BCUT2D eigenvalue weighted by molar-refractivity contribution is 0.121. The molecule has 0 saturated heterocycles. The number of hydrogen-bond donors (Lipinski definition) is 0. The Balaban J connectivity index is 1.93. The average Bonchev–Trinajstić information content (AvgIpc) is 2.40. The molecule has 2 aromatic rings. The SMILES string of the molecule is C=C(C)c1cnc(OC2CC(S(C)=O)C2)c2cnc(C)cc12. The fraction of sp³-hybridized carbons (Fsp3) is 0.412. The van der Waals surface area contributed by atoms with Crippen LogP contribution < -0.4 is 4.74 Å². The second-order valence-corrected chi connectivity index (χ2v) is 7.62. The first-order chi connectivity index (χ1) is 10.5. The lowest BCUT2D eigenvalue weighted by Crippen LogP contribution is -2.40. The maximum absolute atomic E-state index is 11.4. The van der Waals surface area contributed by atoms with Crippen LogP contribution in [0.4, 0.5) is 0 Å². The molecule has 0 spiro atoms. The smallest absolute Gasteiger partial charge is 0.223 e. The summed E-state index contributed by atoms with van der Waals surface area (Å²) >= 11 is 0. The molecule has 5 heteroatoms. The Labute approximate surface area is 133 Å². The van der Waals surface area contributed by atoms with E-state index in [4.69, 9.17) is 4.74 Å². The maximum atomic E-state index is 11.4. The number of allylic oxidation sites excluding steroid dienone is 1. The van der Waals surface area contributed by atoms with Gasteiger partial charge in [0.2, 0.25) is 5.88 Å². The summed E-state index contributed by atoms with van der Waals surface area (Å²) in [6.07, 6.45) is 7.13. The van der Waals surface area contributed by atoms with Crippen LogP contribution in [0.2, 0.25) is 0 Å². The van der Waals surface area contributed by atoms with Crippen LogP contribution in [0.1, 0.15) is 31.0 Å². The highest BCUT2D eigenvalue weighted by molar-refractivity contribution is 7.84. The molecule has 0 radical (unpaired) electrons. The van der Waals surface area contributed by atoms with Gasteiger partial charge in [0.1, 0.15) is 6.10 Å². The highest BCUT2D eigenvalue weighted by atomic mass is 32.2. The van der Waals surface area contributed by atoms with Crippen molar-refractivity contribution in [2.45, 2.75) is 38.0 Å². The molecule has 4 nitrogen and oxygen atoms in total. The van der Waals surface area contributed by atoms with Crippen LogP contribution in [-0.4, -0.2) is 31.8 Å². The molecule has 22 heavy (non-hydrogen) atoms. The Kier molecular flexibility index (Phi) is 4.00. The van der Waals surface area contributed by atoms with E-state index in [1.165, 1.54) is 0 Å². The maximum Gasteiger partial charge on any atom is 0.223 e. The summed E-state index contributed by atoms with van der Waals surface area (Å²) in [5, 5.41) is 2.23. The molecule has 0 N–H and O–H groups in total. The zero-order chi connectivity index (χ0) is 15.9. The number of ether oxygens (including phenoxy) is 1. The lowest BCUT2D eigenvalue weighted by atomic mass is 9.95. The van der Waals surface area contributed by atoms with Crippen LogP contribution in [0.5, 0.6) is 5.88 Å². The molecule has 1 saturated carbocycles. The van der Waals surface area contributed by atoms with Gasteiger partial charge in [-0.3, -0.25) is 9.19 Å². The summed E-state index contributed by atoms with van der Waals surface area (Å²) < 4.78 is 17.4. The minimum atomic E-state index is -0.767. The Bertz CT molecular complexity index is 767. The first-order valence-electron chi connectivity index (χ1n) is 7.36. The monoisotopic (exact) mass is 316 g/mol. The van der Waals surface area contributed by atoms with Crippen molar-refractivity contribution in [3.05, 3.63) is 36.3 Å². The van der Waals surface area contributed by atoms with E-state index in [9.17, 15) is 4.21 Å². The Hall–Kier alpha value is -1.75. The minimum Gasteiger partial charge on any atom is -0.474 e. The van der Waals surface area contributed by atoms with E-state index in [0.717, 1.165) is 40.4 Å². The van der Waals surface area contributed by atoms with Crippen molar-refractivity contribution in [3.8, 4) is 5.88 Å². The van der Waals surface area contributed by atoms with Gasteiger partial charge in [-0.05, 0) is 43.7 Å². The van der Waals surface area contributed by atoms with Crippen LogP contribution in [0.25, 0.3) is 16.3 Å². The summed E-state index contributed by atoms with van der Waals surface area (Å²) in [7, 11) is -0.767. The molecule has 0 aromatic carbocycles. The molecule has 1 aliphatic rings. The molecule has 0 bridgehead atoms. The number of pyridine rings is 2. The molecule has 1 fully saturated rings. The summed E-state index contributed by atoms with van der Waals surface area (Å²) in [5.41, 5.74) is 2.95. The normalized spacial score (nSPS) is 22.1. The van der Waals surface area contributed by atoms with Gasteiger partial charge in [0.15, 0.2) is 0 Å². The van der Waals surface area contributed by atoms with Gasteiger partial charge in [-0.25, -0.2) is 4.98 Å². The topological polar surface area (TPSA) is 52.1 Å². The van der Waals surface area contributed by atoms with Gasteiger partial charge >= 0.3 is 0 Å². The first-order valence-corrected chi connectivity index (χ1v) is 8.98. The van der Waals surface area contributed by atoms with Crippen LogP contribution in [0.3, 0.4) is 0 Å². The number of hydrogen-bond acceptors (Lipinski definition) is 4. The standard InChI is InChI=1S/C17H20N2O2S/c1-10(2)15-8-19-17(16-9-18-11(3)5-14(15)16)21-12-6-13(7-12)22(4)20/h5,8-9,12-13H,1,6-7H2,2-4H3. The average molecular weight is 316 g/mol. The first kappa shape index (κ1) is 15.2. The third-order valence-electron chi connectivity index (χ3n) is 4.13. The van der Waals surface area contributed by atoms with E-state index < -0.39 is 10.8 Å². The van der Waals surface area contributed by atoms with Crippen LogP contribution in [0, 0.1) is 6.92 Å². The van der Waals surface area contributed by atoms with Crippen molar-refractivity contribution in [1.29, 1.82) is 0 Å². The molecule has 0 amide bonds. The third kappa shape index (κ3) is 2.77.